The predicted molar refractivity (Wildman–Crippen MR) is 110 cm³/mol. The van der Waals surface area contributed by atoms with Gasteiger partial charge >= 0.3 is 0 Å². The first-order valence-corrected chi connectivity index (χ1v) is 9.63. The van der Waals surface area contributed by atoms with Gasteiger partial charge in [0.25, 0.3) is 0 Å². The number of halogens is 1. The molecular weight excluding hydrogens is 380 g/mol. The van der Waals surface area contributed by atoms with Crippen molar-refractivity contribution in [2.45, 2.75) is 5.16 Å². The van der Waals surface area contributed by atoms with Crippen molar-refractivity contribution >= 4 is 45.7 Å². The third kappa shape index (κ3) is 4.13. The van der Waals surface area contributed by atoms with Crippen LogP contribution in [0.5, 0.6) is 0 Å². The third-order valence-corrected chi connectivity index (χ3v) is 5.15. The molecule has 0 unspecified atom stereocenters. The van der Waals surface area contributed by atoms with Crippen molar-refractivity contribution in [3.63, 3.8) is 0 Å². The summed E-state index contributed by atoms with van der Waals surface area (Å²) in [6.07, 6.45) is 1.61. The number of carbonyl (C=O) groups is 1. The average Bonchev–Trinajstić information content (AvgIpc) is 3.15. The highest BCUT2D eigenvalue weighted by Crippen LogP contribution is 2.23. The minimum atomic E-state index is -0.101. The third-order valence-electron chi connectivity index (χ3n) is 3.97. The Morgan fingerprint density at radius 1 is 1.04 bits per heavy atom. The monoisotopic (exact) mass is 394 g/mol. The number of amides is 1. The second-order valence-electron chi connectivity index (χ2n) is 5.86. The Morgan fingerprint density at radius 3 is 2.74 bits per heavy atom. The summed E-state index contributed by atoms with van der Waals surface area (Å²) in [5, 5.41) is 14.4. The molecule has 0 spiro atoms. The van der Waals surface area contributed by atoms with E-state index in [1.165, 1.54) is 11.8 Å². The second-order valence-corrected chi connectivity index (χ2v) is 7.24. The standard InChI is InChI=1S/C20H15ClN4OS/c21-16-6-3-7-18(11-16)25-13-22-24-20(25)27-12-19(26)23-17-9-8-14-4-1-2-5-15(14)10-17/h1-11,13H,12H2,(H,23,26). The van der Waals surface area contributed by atoms with Gasteiger partial charge in [-0.15, -0.1) is 10.2 Å². The van der Waals surface area contributed by atoms with E-state index >= 15 is 0 Å². The summed E-state index contributed by atoms with van der Waals surface area (Å²) in [7, 11) is 0. The average molecular weight is 395 g/mol. The van der Waals surface area contributed by atoms with Crippen LogP contribution < -0.4 is 5.32 Å². The van der Waals surface area contributed by atoms with Crippen LogP contribution in [0.3, 0.4) is 0 Å². The molecule has 1 heterocycles. The lowest BCUT2D eigenvalue weighted by Crippen LogP contribution is -2.14. The van der Waals surface area contributed by atoms with Crippen LogP contribution in [0, 0.1) is 0 Å². The normalized spacial score (nSPS) is 10.9. The van der Waals surface area contributed by atoms with Crippen LogP contribution in [0.2, 0.25) is 5.02 Å². The first-order valence-electron chi connectivity index (χ1n) is 8.26. The molecule has 7 heteroatoms. The first kappa shape index (κ1) is 17.6. The van der Waals surface area contributed by atoms with E-state index in [-0.39, 0.29) is 11.7 Å². The predicted octanol–water partition coefficient (Wildman–Crippen LogP) is 4.80. The number of carbonyl (C=O) groups excluding carboxylic acids is 1. The minimum Gasteiger partial charge on any atom is -0.325 e. The van der Waals surface area contributed by atoms with E-state index in [1.54, 1.807) is 17.0 Å². The van der Waals surface area contributed by atoms with Crippen molar-refractivity contribution in [3.8, 4) is 5.69 Å². The highest BCUT2D eigenvalue weighted by Gasteiger charge is 2.11. The van der Waals surface area contributed by atoms with Crippen molar-refractivity contribution in [1.82, 2.24) is 14.8 Å². The second kappa shape index (κ2) is 7.82. The van der Waals surface area contributed by atoms with Gasteiger partial charge < -0.3 is 5.32 Å². The lowest BCUT2D eigenvalue weighted by Gasteiger charge is -2.08. The maximum Gasteiger partial charge on any atom is 0.234 e. The molecule has 0 saturated heterocycles. The Kier molecular flexibility index (Phi) is 5.09. The van der Waals surface area contributed by atoms with Gasteiger partial charge in [0, 0.05) is 10.7 Å². The molecule has 0 atom stereocenters. The molecule has 0 saturated carbocycles. The van der Waals surface area contributed by atoms with Gasteiger partial charge in [0.1, 0.15) is 6.33 Å². The molecule has 5 nitrogen and oxygen atoms in total. The summed E-state index contributed by atoms with van der Waals surface area (Å²) in [6, 6.07) is 21.3. The quantitative estimate of drug-likeness (QED) is 0.494. The van der Waals surface area contributed by atoms with E-state index in [2.05, 4.69) is 15.5 Å². The number of aromatic nitrogens is 3. The van der Waals surface area contributed by atoms with Crippen molar-refractivity contribution in [1.29, 1.82) is 0 Å². The zero-order valence-electron chi connectivity index (χ0n) is 14.2. The Labute approximate surface area is 165 Å². The fourth-order valence-electron chi connectivity index (χ4n) is 2.72. The molecule has 27 heavy (non-hydrogen) atoms. The van der Waals surface area contributed by atoms with E-state index in [0.29, 0.717) is 10.2 Å². The summed E-state index contributed by atoms with van der Waals surface area (Å²) in [5.74, 6) is 0.127. The van der Waals surface area contributed by atoms with Gasteiger partial charge in [-0.2, -0.15) is 0 Å². The Bertz CT molecular complexity index is 1110. The molecule has 1 aromatic heterocycles. The van der Waals surface area contributed by atoms with Crippen LogP contribution in [0.15, 0.2) is 78.2 Å². The smallest absolute Gasteiger partial charge is 0.234 e. The molecule has 1 amide bonds. The minimum absolute atomic E-state index is 0.101. The molecular formula is C20H15ClN4OS. The van der Waals surface area contributed by atoms with E-state index in [1.807, 2.05) is 60.7 Å². The van der Waals surface area contributed by atoms with Crippen molar-refractivity contribution in [2.24, 2.45) is 0 Å². The van der Waals surface area contributed by atoms with E-state index in [9.17, 15) is 4.79 Å². The zero-order chi connectivity index (χ0) is 18.6. The number of nitrogens with zero attached hydrogens (tertiary/aromatic N) is 3. The SMILES string of the molecule is O=C(CSc1nncn1-c1cccc(Cl)c1)Nc1ccc2ccccc2c1. The summed E-state index contributed by atoms with van der Waals surface area (Å²) in [5.41, 5.74) is 1.63. The van der Waals surface area contributed by atoms with Crippen LogP contribution >= 0.6 is 23.4 Å². The summed E-state index contributed by atoms with van der Waals surface area (Å²) < 4.78 is 1.81. The summed E-state index contributed by atoms with van der Waals surface area (Å²) in [4.78, 5) is 12.3. The zero-order valence-corrected chi connectivity index (χ0v) is 15.7. The van der Waals surface area contributed by atoms with E-state index in [0.717, 1.165) is 22.1 Å². The molecule has 0 bridgehead atoms. The topological polar surface area (TPSA) is 59.8 Å². The molecule has 3 aromatic carbocycles. The van der Waals surface area contributed by atoms with Crippen LogP contribution in [0.4, 0.5) is 5.69 Å². The first-order chi connectivity index (χ1) is 13.2. The number of benzene rings is 3. The van der Waals surface area contributed by atoms with Gasteiger partial charge in [-0.25, -0.2) is 0 Å². The van der Waals surface area contributed by atoms with Crippen molar-refractivity contribution < 1.29 is 4.79 Å². The Hall–Kier alpha value is -2.83. The molecule has 134 valence electrons. The number of thioether (sulfide) groups is 1. The number of nitrogens with one attached hydrogen (secondary N) is 1. The Morgan fingerprint density at radius 2 is 1.89 bits per heavy atom. The van der Waals surface area contributed by atoms with Crippen LogP contribution in [-0.4, -0.2) is 26.4 Å². The van der Waals surface area contributed by atoms with Gasteiger partial charge in [-0.3, -0.25) is 9.36 Å². The summed E-state index contributed by atoms with van der Waals surface area (Å²) in [6.45, 7) is 0. The number of hydrogen-bond donors (Lipinski definition) is 1. The molecule has 4 rings (SSSR count). The molecule has 0 aliphatic carbocycles. The Balaban J connectivity index is 1.43. The number of rotatable bonds is 5. The van der Waals surface area contributed by atoms with Gasteiger partial charge in [0.2, 0.25) is 5.91 Å². The van der Waals surface area contributed by atoms with Crippen LogP contribution in [-0.2, 0) is 4.79 Å². The van der Waals surface area contributed by atoms with Gasteiger partial charge in [0.15, 0.2) is 5.16 Å². The summed E-state index contributed by atoms with van der Waals surface area (Å²) >= 11 is 7.37. The molecule has 0 radical (unpaired) electrons. The van der Waals surface area contributed by atoms with E-state index < -0.39 is 0 Å². The fourth-order valence-corrected chi connectivity index (χ4v) is 3.63. The molecule has 0 aliphatic rings. The lowest BCUT2D eigenvalue weighted by molar-refractivity contribution is -0.113. The number of hydrogen-bond acceptors (Lipinski definition) is 4. The van der Waals surface area contributed by atoms with Gasteiger partial charge in [-0.1, -0.05) is 59.8 Å². The van der Waals surface area contributed by atoms with Crippen molar-refractivity contribution in [2.75, 3.05) is 11.1 Å². The van der Waals surface area contributed by atoms with Crippen molar-refractivity contribution in [3.05, 3.63) is 78.1 Å². The van der Waals surface area contributed by atoms with Crippen LogP contribution in [0.1, 0.15) is 0 Å². The number of anilines is 1. The molecule has 0 aliphatic heterocycles. The molecule has 1 N–H and O–H groups in total. The highest BCUT2D eigenvalue weighted by atomic mass is 35.5. The molecule has 4 aromatic rings. The molecule has 0 fully saturated rings. The maximum absolute atomic E-state index is 12.3. The van der Waals surface area contributed by atoms with Gasteiger partial charge in [-0.05, 0) is 41.1 Å². The maximum atomic E-state index is 12.3. The van der Waals surface area contributed by atoms with Crippen LogP contribution in [0.25, 0.3) is 16.5 Å². The highest BCUT2D eigenvalue weighted by molar-refractivity contribution is 7.99. The fraction of sp³-hybridized carbons (Fsp3) is 0.0500. The lowest BCUT2D eigenvalue weighted by atomic mass is 10.1. The largest absolute Gasteiger partial charge is 0.325 e. The van der Waals surface area contributed by atoms with E-state index in [4.69, 9.17) is 11.6 Å². The van der Waals surface area contributed by atoms with Gasteiger partial charge in [0.05, 0.1) is 11.4 Å². The number of fused-ring (bicyclic) bond motifs is 1.